The molecule has 174 valence electrons. The van der Waals surface area contributed by atoms with E-state index in [4.69, 9.17) is 27.9 Å². The molecule has 2 aliphatic rings. The summed E-state index contributed by atoms with van der Waals surface area (Å²) in [6, 6.07) is 10.1. The Morgan fingerprint density at radius 2 is 1.67 bits per heavy atom. The zero-order chi connectivity index (χ0) is 23.5. The second kappa shape index (κ2) is 10.1. The third-order valence-corrected chi connectivity index (χ3v) is 6.40. The molecule has 4 rings (SSSR count). The third kappa shape index (κ3) is 5.01. The fraction of sp³-hybridized carbons (Fsp3) is 0.333. The Balaban J connectivity index is 1.70. The maximum Gasteiger partial charge on any atom is 0.295 e. The fourth-order valence-electron chi connectivity index (χ4n) is 4.23. The van der Waals surface area contributed by atoms with Gasteiger partial charge in [0.25, 0.3) is 11.7 Å². The zero-order valence-electron chi connectivity index (χ0n) is 17.8. The van der Waals surface area contributed by atoms with Gasteiger partial charge in [-0.05, 0) is 42.3 Å². The summed E-state index contributed by atoms with van der Waals surface area (Å²) < 4.78 is 5.37. The van der Waals surface area contributed by atoms with E-state index in [1.807, 2.05) is 0 Å². The molecule has 0 aromatic heterocycles. The number of aliphatic hydroxyl groups excluding tert-OH is 1. The monoisotopic (exact) mass is 490 g/mol. The van der Waals surface area contributed by atoms with Gasteiger partial charge in [0.05, 0.1) is 30.4 Å². The normalized spacial score (nSPS) is 21.0. The number of amides is 1. The van der Waals surface area contributed by atoms with Gasteiger partial charge >= 0.3 is 0 Å². The number of Topliss-reactive ketones (excluding diaryl/α,β-unsaturated/α-hetero) is 1. The van der Waals surface area contributed by atoms with E-state index in [2.05, 4.69) is 4.90 Å². The lowest BCUT2D eigenvalue weighted by Crippen LogP contribution is -2.38. The Bertz CT molecular complexity index is 1080. The number of morpholine rings is 1. The summed E-state index contributed by atoms with van der Waals surface area (Å²) in [5.74, 6) is -2.22. The Morgan fingerprint density at radius 3 is 2.36 bits per heavy atom. The van der Waals surface area contributed by atoms with Crippen LogP contribution in [0.1, 0.15) is 23.6 Å². The Kier molecular flexibility index (Phi) is 7.24. The minimum Gasteiger partial charge on any atom is -0.507 e. The highest BCUT2D eigenvalue weighted by molar-refractivity contribution is 6.46. The van der Waals surface area contributed by atoms with Crippen molar-refractivity contribution in [3.63, 3.8) is 0 Å². The van der Waals surface area contributed by atoms with Crippen LogP contribution < -0.4 is 0 Å². The number of aliphatic hydroxyl groups is 1. The van der Waals surface area contributed by atoms with Gasteiger partial charge in [-0.3, -0.25) is 14.5 Å². The number of phenolic OH excluding ortho intramolecular Hbond substituents is 1. The quantitative estimate of drug-likeness (QED) is 0.363. The number of phenols is 1. The van der Waals surface area contributed by atoms with E-state index in [0.717, 1.165) is 19.6 Å². The first-order valence-electron chi connectivity index (χ1n) is 10.7. The van der Waals surface area contributed by atoms with Crippen LogP contribution in [0.2, 0.25) is 10.0 Å². The van der Waals surface area contributed by atoms with Crippen molar-refractivity contribution >= 4 is 40.7 Å². The van der Waals surface area contributed by atoms with E-state index in [1.165, 1.54) is 23.1 Å². The lowest BCUT2D eigenvalue weighted by Gasteiger charge is -2.29. The molecule has 2 aromatic rings. The van der Waals surface area contributed by atoms with Crippen molar-refractivity contribution in [3.8, 4) is 5.75 Å². The van der Waals surface area contributed by atoms with Gasteiger partial charge < -0.3 is 19.8 Å². The van der Waals surface area contributed by atoms with Gasteiger partial charge in [0.2, 0.25) is 0 Å². The molecule has 0 spiro atoms. The number of rotatable bonds is 6. The summed E-state index contributed by atoms with van der Waals surface area (Å²) in [5, 5.41) is 22.1. The molecule has 33 heavy (non-hydrogen) atoms. The first-order chi connectivity index (χ1) is 15.9. The highest BCUT2D eigenvalue weighted by Gasteiger charge is 2.46. The molecule has 0 bridgehead atoms. The Morgan fingerprint density at radius 1 is 1.00 bits per heavy atom. The van der Waals surface area contributed by atoms with Gasteiger partial charge in [0.1, 0.15) is 11.5 Å². The van der Waals surface area contributed by atoms with Crippen LogP contribution in [0.5, 0.6) is 5.75 Å². The molecule has 0 saturated carbocycles. The first kappa shape index (κ1) is 23.6. The minimum absolute atomic E-state index is 0.00668. The van der Waals surface area contributed by atoms with Crippen LogP contribution in [0.4, 0.5) is 0 Å². The number of hydrogen-bond donors (Lipinski definition) is 2. The fourth-order valence-corrected chi connectivity index (χ4v) is 4.53. The zero-order valence-corrected chi connectivity index (χ0v) is 19.3. The average molecular weight is 491 g/mol. The number of carbonyl (C=O) groups excluding carboxylic acids is 2. The highest BCUT2D eigenvalue weighted by Crippen LogP contribution is 2.41. The van der Waals surface area contributed by atoms with Gasteiger partial charge in [-0.2, -0.15) is 0 Å². The van der Waals surface area contributed by atoms with Crippen molar-refractivity contribution in [1.29, 1.82) is 0 Å². The average Bonchev–Trinajstić information content (AvgIpc) is 3.06. The van der Waals surface area contributed by atoms with Gasteiger partial charge in [0, 0.05) is 36.2 Å². The molecular formula is C24H24Cl2N2O5. The molecule has 2 saturated heterocycles. The van der Waals surface area contributed by atoms with Crippen LogP contribution in [0.3, 0.4) is 0 Å². The van der Waals surface area contributed by atoms with Crippen molar-refractivity contribution in [2.24, 2.45) is 0 Å². The number of carbonyl (C=O) groups is 2. The maximum absolute atomic E-state index is 13.1. The Labute approximate surface area is 201 Å². The SMILES string of the molecule is O=C1C(=O)N(CCCN2CCOCC2)C(c2ccc(Cl)cc2)/C1=C(\O)c1cc(Cl)ccc1O. The summed E-state index contributed by atoms with van der Waals surface area (Å²) in [6.07, 6.45) is 0.652. The standard InChI is InChI=1S/C24H24Cl2N2O5/c25-16-4-2-15(3-5-16)21-20(22(30)18-14-17(26)6-7-19(18)29)23(31)24(32)28(21)9-1-8-27-10-12-33-13-11-27/h2-7,14,21,29-30H,1,8-13H2/b22-20+. The number of hydrogen-bond acceptors (Lipinski definition) is 6. The largest absolute Gasteiger partial charge is 0.507 e. The van der Waals surface area contributed by atoms with E-state index >= 15 is 0 Å². The second-order valence-electron chi connectivity index (χ2n) is 8.01. The molecule has 1 amide bonds. The molecule has 2 aliphatic heterocycles. The van der Waals surface area contributed by atoms with Crippen molar-refractivity contribution in [1.82, 2.24) is 9.80 Å². The van der Waals surface area contributed by atoms with Crippen LogP contribution in [0, 0.1) is 0 Å². The molecule has 7 nitrogen and oxygen atoms in total. The van der Waals surface area contributed by atoms with E-state index in [0.29, 0.717) is 36.8 Å². The molecule has 0 aliphatic carbocycles. The predicted octanol–water partition coefficient (Wildman–Crippen LogP) is 3.84. The third-order valence-electron chi connectivity index (χ3n) is 5.92. The van der Waals surface area contributed by atoms with Crippen LogP contribution in [0.25, 0.3) is 5.76 Å². The van der Waals surface area contributed by atoms with Gasteiger partial charge in [-0.15, -0.1) is 0 Å². The smallest absolute Gasteiger partial charge is 0.295 e. The van der Waals surface area contributed by atoms with Crippen molar-refractivity contribution in [3.05, 3.63) is 69.2 Å². The molecule has 2 fully saturated rings. The van der Waals surface area contributed by atoms with Gasteiger partial charge in [-0.1, -0.05) is 35.3 Å². The molecule has 9 heteroatoms. The number of aromatic hydroxyl groups is 1. The summed E-state index contributed by atoms with van der Waals surface area (Å²) in [5.41, 5.74) is 0.534. The predicted molar refractivity (Wildman–Crippen MR) is 125 cm³/mol. The number of halogens is 2. The number of ketones is 1. The van der Waals surface area contributed by atoms with Crippen molar-refractivity contribution < 1.29 is 24.5 Å². The van der Waals surface area contributed by atoms with Gasteiger partial charge in [0.15, 0.2) is 0 Å². The first-order valence-corrected chi connectivity index (χ1v) is 11.5. The van der Waals surface area contributed by atoms with Crippen LogP contribution in [-0.4, -0.2) is 71.1 Å². The van der Waals surface area contributed by atoms with E-state index < -0.39 is 23.5 Å². The molecule has 2 N–H and O–H groups in total. The lowest BCUT2D eigenvalue weighted by atomic mass is 9.95. The summed E-state index contributed by atoms with van der Waals surface area (Å²) >= 11 is 12.1. The van der Waals surface area contributed by atoms with Crippen LogP contribution in [-0.2, 0) is 14.3 Å². The summed E-state index contributed by atoms with van der Waals surface area (Å²) in [6.45, 7) is 4.10. The molecular weight excluding hydrogens is 467 g/mol. The van der Waals surface area contributed by atoms with E-state index in [1.54, 1.807) is 24.3 Å². The van der Waals surface area contributed by atoms with Gasteiger partial charge in [-0.25, -0.2) is 0 Å². The van der Waals surface area contributed by atoms with E-state index in [9.17, 15) is 19.8 Å². The lowest BCUT2D eigenvalue weighted by molar-refractivity contribution is -0.140. The number of benzene rings is 2. The number of ether oxygens (including phenoxy) is 1. The second-order valence-corrected chi connectivity index (χ2v) is 8.89. The molecule has 2 heterocycles. The molecule has 1 unspecified atom stereocenters. The maximum atomic E-state index is 13.1. The minimum atomic E-state index is -0.815. The highest BCUT2D eigenvalue weighted by atomic mass is 35.5. The van der Waals surface area contributed by atoms with Crippen LogP contribution >= 0.6 is 23.2 Å². The Hall–Kier alpha value is -2.58. The van der Waals surface area contributed by atoms with Crippen LogP contribution in [0.15, 0.2) is 48.0 Å². The molecule has 2 aromatic carbocycles. The number of likely N-dealkylation sites (tertiary alicyclic amines) is 1. The molecule has 0 radical (unpaired) electrons. The summed E-state index contributed by atoms with van der Waals surface area (Å²) in [7, 11) is 0. The summed E-state index contributed by atoms with van der Waals surface area (Å²) in [4.78, 5) is 29.8. The molecule has 1 atom stereocenters. The van der Waals surface area contributed by atoms with Crippen molar-refractivity contribution in [2.45, 2.75) is 12.5 Å². The van der Waals surface area contributed by atoms with E-state index in [-0.39, 0.29) is 21.9 Å². The van der Waals surface area contributed by atoms with Crippen molar-refractivity contribution in [2.75, 3.05) is 39.4 Å². The topological polar surface area (TPSA) is 90.3 Å². The number of nitrogens with zero attached hydrogens (tertiary/aromatic N) is 2.